The maximum atomic E-state index is 11.1. The Morgan fingerprint density at radius 1 is 1.28 bits per heavy atom. The first kappa shape index (κ1) is 15.5. The third kappa shape index (κ3) is 4.60. The number of nitrogens with zero attached hydrogens (tertiary/aromatic N) is 1. The number of hydrogen-bond donors (Lipinski definition) is 1. The van der Waals surface area contributed by atoms with Crippen molar-refractivity contribution in [2.24, 2.45) is 5.41 Å². The summed E-state index contributed by atoms with van der Waals surface area (Å²) in [6, 6.07) is 0.419. The maximum Gasteiger partial charge on any atom is 0.317 e. The van der Waals surface area contributed by atoms with E-state index < -0.39 is 5.97 Å². The fourth-order valence-electron chi connectivity index (χ4n) is 3.01. The summed E-state index contributed by atoms with van der Waals surface area (Å²) in [5.74, 6) is -0.714. The molecule has 0 aromatic rings. The average molecular weight is 255 g/mol. The van der Waals surface area contributed by atoms with Crippen LogP contribution in [0.2, 0.25) is 0 Å². The summed E-state index contributed by atoms with van der Waals surface area (Å²) in [7, 11) is 0. The molecule has 1 rings (SSSR count). The van der Waals surface area contributed by atoms with Crippen LogP contribution in [0.4, 0.5) is 0 Å². The quantitative estimate of drug-likeness (QED) is 0.784. The summed E-state index contributed by atoms with van der Waals surface area (Å²) in [5.41, 5.74) is 0.346. The molecule has 0 heterocycles. The molecular weight excluding hydrogens is 226 g/mol. The second kappa shape index (κ2) is 5.60. The molecule has 3 heteroatoms. The zero-order valence-corrected chi connectivity index (χ0v) is 12.6. The summed E-state index contributed by atoms with van der Waals surface area (Å²) in [4.78, 5) is 13.2. The van der Waals surface area contributed by atoms with Gasteiger partial charge in [0.2, 0.25) is 0 Å². The Morgan fingerprint density at radius 2 is 1.89 bits per heavy atom. The largest absolute Gasteiger partial charge is 0.480 e. The molecule has 0 saturated heterocycles. The molecule has 1 unspecified atom stereocenters. The Kier molecular flexibility index (Phi) is 4.82. The normalized spacial score (nSPS) is 24.9. The van der Waals surface area contributed by atoms with E-state index in [-0.39, 0.29) is 12.1 Å². The Labute approximate surface area is 112 Å². The van der Waals surface area contributed by atoms with Crippen LogP contribution in [0.5, 0.6) is 0 Å². The molecule has 1 saturated carbocycles. The minimum atomic E-state index is -0.714. The van der Waals surface area contributed by atoms with Crippen LogP contribution in [0.25, 0.3) is 0 Å². The minimum Gasteiger partial charge on any atom is -0.480 e. The summed E-state index contributed by atoms with van der Waals surface area (Å²) in [6.07, 6.45) is 5.92. The number of carboxylic acid groups (broad SMARTS) is 1. The highest BCUT2D eigenvalue weighted by molar-refractivity contribution is 5.69. The first-order chi connectivity index (χ1) is 8.12. The summed E-state index contributed by atoms with van der Waals surface area (Å²) in [6.45, 7) is 11.2. The molecule has 0 aromatic heterocycles. The lowest BCUT2D eigenvalue weighted by Gasteiger charge is -2.40. The number of carbonyl (C=O) groups is 1. The first-order valence-electron chi connectivity index (χ1n) is 7.10. The minimum absolute atomic E-state index is 0.0719. The number of hydrogen-bond acceptors (Lipinski definition) is 2. The third-order valence-corrected chi connectivity index (χ3v) is 4.15. The molecule has 0 amide bonds. The van der Waals surface area contributed by atoms with Gasteiger partial charge in [0, 0.05) is 11.6 Å². The van der Waals surface area contributed by atoms with Crippen molar-refractivity contribution in [1.29, 1.82) is 0 Å². The van der Waals surface area contributed by atoms with Crippen molar-refractivity contribution in [2.75, 3.05) is 6.54 Å². The van der Waals surface area contributed by atoms with Crippen molar-refractivity contribution >= 4 is 5.97 Å². The molecule has 0 aromatic carbocycles. The fourth-order valence-corrected chi connectivity index (χ4v) is 3.01. The van der Waals surface area contributed by atoms with E-state index in [0.717, 1.165) is 12.8 Å². The van der Waals surface area contributed by atoms with Crippen LogP contribution < -0.4 is 0 Å². The summed E-state index contributed by atoms with van der Waals surface area (Å²) < 4.78 is 0. The first-order valence-corrected chi connectivity index (χ1v) is 7.10. The predicted octanol–water partition coefficient (Wildman–Crippen LogP) is 3.53. The molecule has 106 valence electrons. The lowest BCUT2D eigenvalue weighted by Crippen LogP contribution is -2.50. The van der Waals surface area contributed by atoms with Crippen molar-refractivity contribution in [3.63, 3.8) is 0 Å². The van der Waals surface area contributed by atoms with Crippen molar-refractivity contribution in [3.8, 4) is 0 Å². The summed E-state index contributed by atoms with van der Waals surface area (Å²) in [5, 5.41) is 9.11. The van der Waals surface area contributed by atoms with Crippen LogP contribution in [-0.4, -0.2) is 34.1 Å². The van der Waals surface area contributed by atoms with E-state index in [4.69, 9.17) is 5.11 Å². The zero-order chi connectivity index (χ0) is 14.0. The molecular formula is C15H29NO2. The molecule has 0 bridgehead atoms. The van der Waals surface area contributed by atoms with Gasteiger partial charge in [-0.15, -0.1) is 0 Å². The van der Waals surface area contributed by atoms with Gasteiger partial charge in [-0.05, 0) is 51.9 Å². The van der Waals surface area contributed by atoms with E-state index in [1.807, 2.05) is 0 Å². The Balaban J connectivity index is 2.76. The highest BCUT2D eigenvalue weighted by Crippen LogP contribution is 2.36. The van der Waals surface area contributed by atoms with Crippen LogP contribution in [0.15, 0.2) is 0 Å². The van der Waals surface area contributed by atoms with Crippen LogP contribution >= 0.6 is 0 Å². The van der Waals surface area contributed by atoms with Crippen LogP contribution in [0.3, 0.4) is 0 Å². The molecule has 0 radical (unpaired) electrons. The van der Waals surface area contributed by atoms with Gasteiger partial charge in [0.1, 0.15) is 0 Å². The van der Waals surface area contributed by atoms with Gasteiger partial charge >= 0.3 is 5.97 Å². The van der Waals surface area contributed by atoms with Gasteiger partial charge in [0.25, 0.3) is 0 Å². The number of rotatable bonds is 3. The lowest BCUT2D eigenvalue weighted by atomic mass is 9.85. The van der Waals surface area contributed by atoms with Crippen LogP contribution in [-0.2, 0) is 4.79 Å². The van der Waals surface area contributed by atoms with Gasteiger partial charge in [0.15, 0.2) is 0 Å². The second-order valence-electron chi connectivity index (χ2n) is 7.44. The molecule has 1 aliphatic rings. The molecule has 3 nitrogen and oxygen atoms in total. The average Bonchev–Trinajstić information content (AvgIpc) is 2.34. The number of carboxylic acids is 1. The third-order valence-electron chi connectivity index (χ3n) is 4.15. The molecule has 18 heavy (non-hydrogen) atoms. The Bertz CT molecular complexity index is 291. The molecule has 1 atom stereocenters. The van der Waals surface area contributed by atoms with Gasteiger partial charge in [-0.3, -0.25) is 9.69 Å². The van der Waals surface area contributed by atoms with E-state index in [0.29, 0.717) is 11.5 Å². The molecule has 0 spiro atoms. The van der Waals surface area contributed by atoms with E-state index in [1.54, 1.807) is 0 Å². The van der Waals surface area contributed by atoms with E-state index in [1.165, 1.54) is 19.3 Å². The van der Waals surface area contributed by atoms with Gasteiger partial charge in [-0.25, -0.2) is 0 Å². The molecule has 0 aliphatic heterocycles. The van der Waals surface area contributed by atoms with Gasteiger partial charge in [-0.2, -0.15) is 0 Å². The molecule has 1 fully saturated rings. The maximum absolute atomic E-state index is 11.1. The smallest absolute Gasteiger partial charge is 0.317 e. The molecule has 1 N–H and O–H groups in total. The highest BCUT2D eigenvalue weighted by atomic mass is 16.4. The van der Waals surface area contributed by atoms with Gasteiger partial charge < -0.3 is 5.11 Å². The second-order valence-corrected chi connectivity index (χ2v) is 7.44. The van der Waals surface area contributed by atoms with E-state index >= 15 is 0 Å². The van der Waals surface area contributed by atoms with Crippen molar-refractivity contribution in [1.82, 2.24) is 4.90 Å². The predicted molar refractivity (Wildman–Crippen MR) is 74.7 cm³/mol. The van der Waals surface area contributed by atoms with Gasteiger partial charge in [0.05, 0.1) is 6.54 Å². The topological polar surface area (TPSA) is 40.5 Å². The van der Waals surface area contributed by atoms with Crippen molar-refractivity contribution in [3.05, 3.63) is 0 Å². The SMILES string of the molecule is CC1(C)CCCC(N(CC(=O)O)C(C)(C)C)CC1. The molecule has 1 aliphatic carbocycles. The Hall–Kier alpha value is -0.570. The summed E-state index contributed by atoms with van der Waals surface area (Å²) >= 11 is 0. The van der Waals surface area contributed by atoms with E-state index in [9.17, 15) is 4.79 Å². The van der Waals surface area contributed by atoms with Crippen molar-refractivity contribution < 1.29 is 9.90 Å². The van der Waals surface area contributed by atoms with Gasteiger partial charge in [-0.1, -0.05) is 20.3 Å². The standard InChI is InChI=1S/C15H29NO2/c1-14(2,3)16(11-13(17)18)12-7-6-9-15(4,5)10-8-12/h12H,6-11H2,1-5H3,(H,17,18). The zero-order valence-electron chi connectivity index (χ0n) is 12.6. The number of aliphatic carboxylic acids is 1. The van der Waals surface area contributed by atoms with E-state index in [2.05, 4.69) is 39.5 Å². The Morgan fingerprint density at radius 3 is 2.39 bits per heavy atom. The van der Waals surface area contributed by atoms with Crippen molar-refractivity contribution in [2.45, 2.75) is 78.3 Å². The lowest BCUT2D eigenvalue weighted by molar-refractivity contribution is -0.140. The van der Waals surface area contributed by atoms with Crippen LogP contribution in [0, 0.1) is 5.41 Å². The highest BCUT2D eigenvalue weighted by Gasteiger charge is 2.33. The van der Waals surface area contributed by atoms with Crippen LogP contribution in [0.1, 0.15) is 66.7 Å². The fraction of sp³-hybridized carbons (Fsp3) is 0.933. The monoisotopic (exact) mass is 255 g/mol.